The standard InChI is InChI=1S/C75H51N3O/c1-75(2)67-46-57(38-41-59(67)60-42-39-58(47-68(60)75)78-70-21-11-6-16-61(70)62-17-7-12-22-71(62)78)76(56-36-30-51(31-37-56)52-33-43-74-66(44-52)65-19-9-13-23-73(65)79-74)55-34-28-49(29-35-55)48-24-26-50(27-25-48)53-32-40-64-63-18-8-10-20-69(63)77(72(64)45-53)54-14-4-3-5-15-54/h3-47H,1-2H3. The van der Waals surface area contributed by atoms with Gasteiger partial charge in [-0.1, -0.05) is 184 Å². The third-order valence-corrected chi connectivity index (χ3v) is 16.9. The second kappa shape index (κ2) is 17.4. The molecule has 15 aromatic rings. The van der Waals surface area contributed by atoms with Crippen LogP contribution >= 0.6 is 0 Å². The Morgan fingerprint density at radius 3 is 1.34 bits per heavy atom. The van der Waals surface area contributed by atoms with Gasteiger partial charge in [-0.15, -0.1) is 0 Å². The molecule has 4 nitrogen and oxygen atoms in total. The van der Waals surface area contributed by atoms with E-state index in [0.29, 0.717) is 0 Å². The van der Waals surface area contributed by atoms with Crippen molar-refractivity contribution in [1.29, 1.82) is 0 Å². The number of benzene rings is 12. The Hall–Kier alpha value is -10.2. The summed E-state index contributed by atoms with van der Waals surface area (Å²) in [5, 5.41) is 7.31. The highest BCUT2D eigenvalue weighted by Crippen LogP contribution is 2.52. The summed E-state index contributed by atoms with van der Waals surface area (Å²) in [6.45, 7) is 4.78. The normalized spacial score (nSPS) is 12.8. The lowest BCUT2D eigenvalue weighted by Crippen LogP contribution is -2.17. The molecule has 16 rings (SSSR count). The number of aromatic nitrogens is 2. The molecule has 0 saturated heterocycles. The molecular weight excluding hydrogens is 959 g/mol. The van der Waals surface area contributed by atoms with Crippen LogP contribution in [0, 0.1) is 0 Å². The average Bonchev–Trinajstić information content (AvgIpc) is 4.32. The van der Waals surface area contributed by atoms with Crippen LogP contribution in [0.4, 0.5) is 17.1 Å². The Labute approximate surface area is 457 Å². The SMILES string of the molecule is CC1(C)c2cc(N(c3ccc(-c4ccc(-c5ccc6c7ccccc7n(-c7ccccc7)c6c5)cc4)cc3)c3ccc(-c4ccc5oc6ccccc6c5c4)cc3)ccc2-c2ccc(-n3c4ccccc4c4ccccc43)cc21. The van der Waals surface area contributed by atoms with Crippen LogP contribution < -0.4 is 4.90 Å². The Bertz CT molecular complexity index is 4850. The quantitative estimate of drug-likeness (QED) is 0.152. The lowest BCUT2D eigenvalue weighted by atomic mass is 9.82. The number of hydrogen-bond acceptors (Lipinski definition) is 2. The number of furan rings is 1. The molecule has 1 aliphatic rings. The maximum absolute atomic E-state index is 6.20. The topological polar surface area (TPSA) is 26.2 Å². The summed E-state index contributed by atoms with van der Waals surface area (Å²) in [5.41, 5.74) is 24.3. The number of nitrogens with zero attached hydrogens (tertiary/aromatic N) is 3. The van der Waals surface area contributed by atoms with Crippen LogP contribution in [0.5, 0.6) is 0 Å². The molecule has 79 heavy (non-hydrogen) atoms. The molecule has 0 bridgehead atoms. The molecule has 4 heteroatoms. The van der Waals surface area contributed by atoms with E-state index in [4.69, 9.17) is 4.42 Å². The monoisotopic (exact) mass is 1010 g/mol. The van der Waals surface area contributed by atoms with Gasteiger partial charge in [-0.2, -0.15) is 0 Å². The van der Waals surface area contributed by atoms with E-state index in [0.717, 1.165) is 61.4 Å². The van der Waals surface area contributed by atoms with Crippen LogP contribution in [-0.4, -0.2) is 9.13 Å². The van der Waals surface area contributed by atoms with Crippen molar-refractivity contribution in [3.05, 3.63) is 284 Å². The van der Waals surface area contributed by atoms with Gasteiger partial charge in [-0.3, -0.25) is 0 Å². The molecule has 12 aromatic carbocycles. The van der Waals surface area contributed by atoms with Crippen molar-refractivity contribution >= 4 is 82.6 Å². The Morgan fingerprint density at radius 1 is 0.291 bits per heavy atom. The summed E-state index contributed by atoms with van der Waals surface area (Å²) in [7, 11) is 0. The minimum Gasteiger partial charge on any atom is -0.456 e. The lowest BCUT2D eigenvalue weighted by Gasteiger charge is -2.28. The molecule has 0 spiro atoms. The summed E-state index contributed by atoms with van der Waals surface area (Å²) in [6, 6.07) is 100.0. The lowest BCUT2D eigenvalue weighted by molar-refractivity contribution is 0.660. The molecule has 0 aliphatic heterocycles. The van der Waals surface area contributed by atoms with Crippen LogP contribution in [0.25, 0.3) is 121 Å². The summed E-state index contributed by atoms with van der Waals surface area (Å²) in [6.07, 6.45) is 0. The van der Waals surface area contributed by atoms with Crippen molar-refractivity contribution in [2.24, 2.45) is 0 Å². The smallest absolute Gasteiger partial charge is 0.135 e. The third kappa shape index (κ3) is 7.08. The van der Waals surface area contributed by atoms with E-state index in [2.05, 4.69) is 289 Å². The van der Waals surface area contributed by atoms with Gasteiger partial charge < -0.3 is 18.5 Å². The maximum atomic E-state index is 6.20. The van der Waals surface area contributed by atoms with Gasteiger partial charge in [-0.25, -0.2) is 0 Å². The van der Waals surface area contributed by atoms with E-state index in [1.54, 1.807) is 0 Å². The number of rotatable bonds is 8. The van der Waals surface area contributed by atoms with Crippen LogP contribution in [0.3, 0.4) is 0 Å². The molecule has 0 amide bonds. The highest BCUT2D eigenvalue weighted by molar-refractivity contribution is 6.11. The van der Waals surface area contributed by atoms with Gasteiger partial charge in [0.05, 0.1) is 22.1 Å². The average molecular weight is 1010 g/mol. The fourth-order valence-electron chi connectivity index (χ4n) is 13.0. The van der Waals surface area contributed by atoms with Gasteiger partial charge in [0.15, 0.2) is 0 Å². The van der Waals surface area contributed by atoms with Crippen molar-refractivity contribution in [2.75, 3.05) is 4.90 Å². The van der Waals surface area contributed by atoms with E-state index < -0.39 is 0 Å². The maximum Gasteiger partial charge on any atom is 0.135 e. The summed E-state index contributed by atoms with van der Waals surface area (Å²) in [5.74, 6) is 0. The number of para-hydroxylation sites is 5. The highest BCUT2D eigenvalue weighted by Gasteiger charge is 2.37. The van der Waals surface area contributed by atoms with Gasteiger partial charge in [0.2, 0.25) is 0 Å². The highest BCUT2D eigenvalue weighted by atomic mass is 16.3. The van der Waals surface area contributed by atoms with Gasteiger partial charge in [-0.05, 0) is 159 Å². The minimum absolute atomic E-state index is 0.261. The predicted molar refractivity (Wildman–Crippen MR) is 331 cm³/mol. The fourth-order valence-corrected chi connectivity index (χ4v) is 13.0. The van der Waals surface area contributed by atoms with Gasteiger partial charge >= 0.3 is 0 Å². The molecule has 3 aromatic heterocycles. The Kier molecular flexibility index (Phi) is 9.95. The zero-order chi connectivity index (χ0) is 52.3. The molecule has 0 atom stereocenters. The van der Waals surface area contributed by atoms with E-state index in [1.165, 1.54) is 88.2 Å². The van der Waals surface area contributed by atoms with E-state index >= 15 is 0 Å². The van der Waals surface area contributed by atoms with Crippen molar-refractivity contribution in [3.8, 4) is 55.9 Å². The summed E-state index contributed by atoms with van der Waals surface area (Å²) < 4.78 is 11.0. The van der Waals surface area contributed by atoms with Crippen LogP contribution in [0.1, 0.15) is 25.0 Å². The second-order valence-electron chi connectivity index (χ2n) is 21.7. The molecular formula is C75H51N3O. The number of fused-ring (bicyclic) bond motifs is 12. The van der Waals surface area contributed by atoms with E-state index in [1.807, 2.05) is 12.1 Å². The molecule has 0 fully saturated rings. The predicted octanol–water partition coefficient (Wildman–Crippen LogP) is 20.6. The van der Waals surface area contributed by atoms with Crippen LogP contribution in [0.15, 0.2) is 277 Å². The second-order valence-corrected chi connectivity index (χ2v) is 21.7. The van der Waals surface area contributed by atoms with Crippen molar-refractivity contribution in [3.63, 3.8) is 0 Å². The first-order chi connectivity index (χ1) is 38.9. The fraction of sp³-hybridized carbons (Fsp3) is 0.0400. The number of hydrogen-bond donors (Lipinski definition) is 0. The first-order valence-corrected chi connectivity index (χ1v) is 27.3. The van der Waals surface area contributed by atoms with Crippen molar-refractivity contribution < 1.29 is 4.42 Å². The zero-order valence-electron chi connectivity index (χ0n) is 43.7. The van der Waals surface area contributed by atoms with Crippen LogP contribution in [0.2, 0.25) is 0 Å². The minimum atomic E-state index is -0.261. The molecule has 3 heterocycles. The third-order valence-electron chi connectivity index (χ3n) is 16.9. The molecule has 0 radical (unpaired) electrons. The van der Waals surface area contributed by atoms with E-state index in [-0.39, 0.29) is 5.41 Å². The first-order valence-electron chi connectivity index (χ1n) is 27.3. The molecule has 0 N–H and O–H groups in total. The summed E-state index contributed by atoms with van der Waals surface area (Å²) >= 11 is 0. The zero-order valence-corrected chi connectivity index (χ0v) is 43.7. The Balaban J connectivity index is 0.760. The van der Waals surface area contributed by atoms with Crippen LogP contribution in [-0.2, 0) is 5.41 Å². The molecule has 0 saturated carbocycles. The van der Waals surface area contributed by atoms with Crippen molar-refractivity contribution in [1.82, 2.24) is 9.13 Å². The van der Waals surface area contributed by atoms with Gasteiger partial charge in [0, 0.05) is 66.2 Å². The largest absolute Gasteiger partial charge is 0.456 e. The summed E-state index contributed by atoms with van der Waals surface area (Å²) in [4.78, 5) is 2.41. The molecule has 372 valence electrons. The first kappa shape index (κ1) is 45.1. The number of anilines is 3. The van der Waals surface area contributed by atoms with E-state index in [9.17, 15) is 0 Å². The van der Waals surface area contributed by atoms with Gasteiger partial charge in [0.25, 0.3) is 0 Å². The van der Waals surface area contributed by atoms with Gasteiger partial charge in [0.1, 0.15) is 11.2 Å². The molecule has 1 aliphatic carbocycles. The molecule has 0 unspecified atom stereocenters. The van der Waals surface area contributed by atoms with Crippen molar-refractivity contribution in [2.45, 2.75) is 19.3 Å². The Morgan fingerprint density at radius 2 is 0.722 bits per heavy atom.